The second-order valence-corrected chi connectivity index (χ2v) is 9.45. The number of rotatable bonds is 11. The van der Waals surface area contributed by atoms with Gasteiger partial charge in [-0.15, -0.1) is 0 Å². The number of nitrogens with one attached hydrogen (secondary N) is 1. The zero-order valence-electron chi connectivity index (χ0n) is 21.4. The summed E-state index contributed by atoms with van der Waals surface area (Å²) >= 11 is 0. The molecule has 0 radical (unpaired) electrons. The van der Waals surface area contributed by atoms with E-state index >= 15 is 0 Å². The first-order valence-corrected chi connectivity index (χ1v) is 12.8. The van der Waals surface area contributed by atoms with Crippen LogP contribution in [-0.2, 0) is 20.9 Å². The minimum absolute atomic E-state index is 0.171. The number of carboxylic acids is 1. The molecule has 9 heteroatoms. The van der Waals surface area contributed by atoms with Crippen LogP contribution in [0.4, 0.5) is 10.1 Å². The molecule has 0 spiro atoms. The van der Waals surface area contributed by atoms with E-state index in [0.29, 0.717) is 29.8 Å². The van der Waals surface area contributed by atoms with Gasteiger partial charge in [0.1, 0.15) is 0 Å². The molecule has 8 nitrogen and oxygen atoms in total. The van der Waals surface area contributed by atoms with Crippen molar-refractivity contribution in [3.63, 3.8) is 0 Å². The largest absolute Gasteiger partial charge is 0.480 e. The molecule has 4 rings (SSSR count). The van der Waals surface area contributed by atoms with Gasteiger partial charge in [0.25, 0.3) is 5.91 Å². The van der Waals surface area contributed by atoms with Crippen LogP contribution in [0.1, 0.15) is 36.0 Å². The zero-order chi connectivity index (χ0) is 27.8. The number of nitrogens with zero attached hydrogens (tertiary/aromatic N) is 2. The molecule has 0 bridgehead atoms. The van der Waals surface area contributed by atoms with Gasteiger partial charge in [0.05, 0.1) is 17.4 Å². The Labute approximate surface area is 226 Å². The van der Waals surface area contributed by atoms with Gasteiger partial charge in [0.15, 0.2) is 12.2 Å². The molecule has 3 aromatic rings. The number of amides is 2. The topological polar surface area (TPSA) is 125 Å². The molecule has 3 atom stereocenters. The highest BCUT2D eigenvalue weighted by Crippen LogP contribution is 2.25. The SMILES string of the molecule is NC(=O)C([18F])CC(N=C(c1ccccc1)c1ccccc1NC(=O)C1CCCN1Cc1ccccc1)C(=O)O. The summed E-state index contributed by atoms with van der Waals surface area (Å²) in [6.07, 6.45) is -1.26. The molecule has 2 amide bonds. The molecule has 0 aliphatic carbocycles. The van der Waals surface area contributed by atoms with Gasteiger partial charge in [-0.05, 0) is 31.0 Å². The number of likely N-dealkylation sites (tertiary alicyclic amines) is 1. The lowest BCUT2D eigenvalue weighted by Crippen LogP contribution is -2.39. The van der Waals surface area contributed by atoms with E-state index in [-0.39, 0.29) is 17.7 Å². The van der Waals surface area contributed by atoms with Crippen molar-refractivity contribution in [3.05, 3.63) is 102 Å². The number of carbonyl (C=O) groups is 3. The number of aliphatic carboxylic acids is 1. The molecular formula is C30H31FN4O4. The average Bonchev–Trinajstić information content (AvgIpc) is 3.40. The Morgan fingerprint density at radius 3 is 2.31 bits per heavy atom. The Morgan fingerprint density at radius 2 is 1.64 bits per heavy atom. The molecule has 0 aromatic heterocycles. The Hall–Kier alpha value is -4.37. The Kier molecular flexibility index (Phi) is 9.17. The van der Waals surface area contributed by atoms with Crippen molar-refractivity contribution >= 4 is 29.2 Å². The van der Waals surface area contributed by atoms with Gasteiger partial charge < -0.3 is 16.2 Å². The number of hydrogen-bond donors (Lipinski definition) is 3. The monoisotopic (exact) mass is 529 g/mol. The summed E-state index contributed by atoms with van der Waals surface area (Å²) in [6, 6.07) is 23.8. The van der Waals surface area contributed by atoms with Gasteiger partial charge in [-0.2, -0.15) is 0 Å². The van der Waals surface area contributed by atoms with Gasteiger partial charge in [0, 0.05) is 24.1 Å². The minimum Gasteiger partial charge on any atom is -0.480 e. The maximum atomic E-state index is 14.1. The Bertz CT molecular complexity index is 1330. The van der Waals surface area contributed by atoms with Crippen LogP contribution >= 0.6 is 0 Å². The summed E-state index contributed by atoms with van der Waals surface area (Å²) in [5.74, 6) is -2.81. The number of alkyl halides is 1. The highest BCUT2D eigenvalue weighted by molar-refractivity contribution is 6.17. The van der Waals surface area contributed by atoms with Crippen molar-refractivity contribution in [2.45, 2.75) is 44.1 Å². The fourth-order valence-electron chi connectivity index (χ4n) is 4.72. The summed E-state index contributed by atoms with van der Waals surface area (Å²) in [6.45, 7) is 1.46. The van der Waals surface area contributed by atoms with Gasteiger partial charge in [-0.25, -0.2) is 9.18 Å². The Morgan fingerprint density at radius 1 is 1.00 bits per heavy atom. The van der Waals surface area contributed by atoms with E-state index in [0.717, 1.165) is 18.5 Å². The van der Waals surface area contributed by atoms with E-state index in [4.69, 9.17) is 5.73 Å². The molecular weight excluding hydrogens is 498 g/mol. The average molecular weight is 530 g/mol. The number of hydrogen-bond acceptors (Lipinski definition) is 5. The van der Waals surface area contributed by atoms with Crippen LogP contribution < -0.4 is 11.1 Å². The van der Waals surface area contributed by atoms with Crippen LogP contribution in [0, 0.1) is 0 Å². The van der Waals surface area contributed by atoms with E-state index < -0.39 is 30.5 Å². The van der Waals surface area contributed by atoms with E-state index in [1.165, 1.54) is 0 Å². The highest BCUT2D eigenvalue weighted by atomic mass is 18.2. The molecule has 3 aromatic carbocycles. The van der Waals surface area contributed by atoms with Crippen molar-refractivity contribution in [3.8, 4) is 0 Å². The smallest absolute Gasteiger partial charge is 0.328 e. The van der Waals surface area contributed by atoms with Crippen molar-refractivity contribution in [1.82, 2.24) is 4.90 Å². The molecule has 3 unspecified atom stereocenters. The molecule has 0 saturated carbocycles. The number of para-hydroxylation sites is 1. The number of nitrogens with two attached hydrogens (primary N) is 1. The van der Waals surface area contributed by atoms with Gasteiger partial charge in [-0.3, -0.25) is 19.5 Å². The summed E-state index contributed by atoms with van der Waals surface area (Å²) in [4.78, 5) is 43.3. The van der Waals surface area contributed by atoms with Crippen molar-refractivity contribution in [2.75, 3.05) is 11.9 Å². The first-order valence-electron chi connectivity index (χ1n) is 12.8. The zero-order valence-corrected chi connectivity index (χ0v) is 21.4. The lowest BCUT2D eigenvalue weighted by atomic mass is 9.99. The number of primary amides is 1. The summed E-state index contributed by atoms with van der Waals surface area (Å²) in [7, 11) is 0. The fourth-order valence-corrected chi connectivity index (χ4v) is 4.72. The van der Waals surface area contributed by atoms with E-state index in [1.807, 2.05) is 30.3 Å². The van der Waals surface area contributed by atoms with Gasteiger partial charge in [0.2, 0.25) is 5.91 Å². The molecule has 39 heavy (non-hydrogen) atoms. The maximum absolute atomic E-state index is 14.1. The first kappa shape index (κ1) is 27.7. The van der Waals surface area contributed by atoms with E-state index in [1.54, 1.807) is 54.6 Å². The van der Waals surface area contributed by atoms with Gasteiger partial charge >= 0.3 is 5.97 Å². The van der Waals surface area contributed by atoms with Crippen molar-refractivity contribution in [2.24, 2.45) is 10.7 Å². The second kappa shape index (κ2) is 12.9. The molecule has 1 aliphatic heterocycles. The van der Waals surface area contributed by atoms with Crippen LogP contribution in [0.3, 0.4) is 0 Å². The van der Waals surface area contributed by atoms with Crippen LogP contribution in [0.25, 0.3) is 0 Å². The Balaban J connectivity index is 1.65. The second-order valence-electron chi connectivity index (χ2n) is 9.45. The first-order chi connectivity index (χ1) is 18.8. The number of carboxylic acid groups (broad SMARTS) is 1. The summed E-state index contributed by atoms with van der Waals surface area (Å²) < 4.78 is 14.1. The summed E-state index contributed by atoms with van der Waals surface area (Å²) in [5.41, 5.74) is 7.91. The lowest BCUT2D eigenvalue weighted by Gasteiger charge is -2.24. The van der Waals surface area contributed by atoms with Crippen molar-refractivity contribution < 1.29 is 23.9 Å². The molecule has 202 valence electrons. The molecule has 1 saturated heterocycles. The predicted molar refractivity (Wildman–Crippen MR) is 147 cm³/mol. The number of halogens is 1. The third-order valence-electron chi connectivity index (χ3n) is 6.69. The molecule has 4 N–H and O–H groups in total. The molecule has 1 aliphatic rings. The number of benzene rings is 3. The fraction of sp³-hybridized carbons (Fsp3) is 0.267. The maximum Gasteiger partial charge on any atom is 0.328 e. The predicted octanol–water partition coefficient (Wildman–Crippen LogP) is 3.79. The normalized spacial score (nSPS) is 17.4. The number of aliphatic imine (C=N–C) groups is 1. The quantitative estimate of drug-likeness (QED) is 0.326. The summed E-state index contributed by atoms with van der Waals surface area (Å²) in [5, 5.41) is 12.8. The van der Waals surface area contributed by atoms with Crippen LogP contribution in [0.15, 0.2) is 89.9 Å². The van der Waals surface area contributed by atoms with E-state index in [2.05, 4.69) is 15.2 Å². The third kappa shape index (κ3) is 7.14. The van der Waals surface area contributed by atoms with E-state index in [9.17, 15) is 23.9 Å². The lowest BCUT2D eigenvalue weighted by molar-refractivity contribution is -0.139. The third-order valence-corrected chi connectivity index (χ3v) is 6.69. The molecule has 1 heterocycles. The van der Waals surface area contributed by atoms with Crippen LogP contribution in [-0.4, -0.2) is 58.3 Å². The van der Waals surface area contributed by atoms with Gasteiger partial charge in [-0.1, -0.05) is 78.9 Å². The molecule has 1 fully saturated rings. The van der Waals surface area contributed by atoms with Crippen LogP contribution in [0.5, 0.6) is 0 Å². The highest BCUT2D eigenvalue weighted by Gasteiger charge is 2.31. The van der Waals surface area contributed by atoms with Crippen molar-refractivity contribution in [1.29, 1.82) is 0 Å². The number of carbonyl (C=O) groups excluding carboxylic acids is 2. The standard InChI is InChI=1S/C30H31FN4O4/c31-23(28(32)36)18-25(30(38)39)33-27(21-12-5-2-6-13-21)22-14-7-8-15-24(22)34-29(37)26-16-9-17-35(26)19-20-10-3-1-4-11-20/h1-8,10-15,23,25-26H,9,16-19H2,(H2,32,36)(H,34,37)(H,38,39)/i31-1. The number of anilines is 1. The minimum atomic E-state index is -2.17. The van der Waals surface area contributed by atoms with Crippen LogP contribution in [0.2, 0.25) is 0 Å².